The van der Waals surface area contributed by atoms with Crippen molar-refractivity contribution in [2.24, 2.45) is 5.92 Å². The Kier molecular flexibility index (Phi) is 4.85. The quantitative estimate of drug-likeness (QED) is 0.808. The van der Waals surface area contributed by atoms with Gasteiger partial charge in [-0.3, -0.25) is 4.90 Å². The van der Waals surface area contributed by atoms with Crippen molar-refractivity contribution in [1.82, 2.24) is 30.0 Å². The molecule has 5 rings (SSSR count). The van der Waals surface area contributed by atoms with Crippen LogP contribution in [0, 0.1) is 5.92 Å². The third-order valence-corrected chi connectivity index (χ3v) is 5.38. The van der Waals surface area contributed by atoms with Crippen molar-refractivity contribution in [2.75, 3.05) is 26.2 Å². The number of aromatic nitrogens is 4. The maximum Gasteiger partial charge on any atom is 0.138 e. The molecule has 2 bridgehead atoms. The lowest BCUT2D eigenvalue weighted by atomic mass is 9.94. The zero-order valence-corrected chi connectivity index (χ0v) is 14.2. The molecule has 0 N–H and O–H groups in total. The fourth-order valence-corrected chi connectivity index (χ4v) is 4.21. The highest BCUT2D eigenvalue weighted by atomic mass is 15.5. The molecule has 3 saturated heterocycles. The van der Waals surface area contributed by atoms with Gasteiger partial charge >= 0.3 is 0 Å². The van der Waals surface area contributed by atoms with Gasteiger partial charge in [0.1, 0.15) is 6.33 Å². The first kappa shape index (κ1) is 15.7. The fraction of sp³-hybridized carbons (Fsp3) is 0.611. The summed E-state index contributed by atoms with van der Waals surface area (Å²) in [7, 11) is 0. The molecule has 0 aliphatic carbocycles. The first-order chi connectivity index (χ1) is 11.9. The summed E-state index contributed by atoms with van der Waals surface area (Å²) in [5.74, 6) is 0.820. The van der Waals surface area contributed by atoms with Crippen LogP contribution in [0.1, 0.15) is 24.8 Å². The van der Waals surface area contributed by atoms with Crippen molar-refractivity contribution in [3.05, 3.63) is 42.2 Å². The second kappa shape index (κ2) is 7.40. The molecule has 0 saturated carbocycles. The lowest BCUT2D eigenvalue weighted by molar-refractivity contribution is 0.123. The Labute approximate surface area is 143 Å². The third kappa shape index (κ3) is 3.82. The van der Waals surface area contributed by atoms with Crippen LogP contribution >= 0.6 is 0 Å². The highest BCUT2D eigenvalue weighted by Gasteiger charge is 2.34. The van der Waals surface area contributed by atoms with Gasteiger partial charge in [-0.15, -0.1) is 5.10 Å². The lowest BCUT2D eigenvalue weighted by Gasteiger charge is -2.36. The number of tetrazole rings is 1. The summed E-state index contributed by atoms with van der Waals surface area (Å²) in [6, 6.07) is 11.6. The molecule has 1 aromatic carbocycles. The van der Waals surface area contributed by atoms with Gasteiger partial charge < -0.3 is 4.90 Å². The van der Waals surface area contributed by atoms with Crippen molar-refractivity contribution in [1.29, 1.82) is 0 Å². The number of hydrogen-bond acceptors (Lipinski definition) is 5. The Hall–Kier alpha value is -1.79. The van der Waals surface area contributed by atoms with Crippen LogP contribution < -0.4 is 0 Å². The normalized spacial score (nSPS) is 25.0. The zero-order valence-electron chi connectivity index (χ0n) is 14.2. The number of piperidine rings is 1. The van der Waals surface area contributed by atoms with E-state index in [4.69, 9.17) is 0 Å². The average molecular weight is 326 g/mol. The predicted molar refractivity (Wildman–Crippen MR) is 92.2 cm³/mol. The largest absolute Gasteiger partial charge is 0.301 e. The molecule has 0 amide bonds. The maximum atomic E-state index is 3.95. The molecular formula is C18H26N6. The highest BCUT2D eigenvalue weighted by Crippen LogP contribution is 2.29. The molecule has 1 aromatic heterocycles. The lowest BCUT2D eigenvalue weighted by Crippen LogP contribution is -2.43. The summed E-state index contributed by atoms with van der Waals surface area (Å²) in [5.41, 5.74) is 1.44. The standard InChI is InChI=1S/C18H26N6/c1-2-5-16(6-3-1)12-23-13-17-7-8-18(23)14-22(11-17)9-4-10-24-15-19-20-21-24/h1-3,5-6,15,17-18H,4,7-14H2/t17-,18+/m1/s1. The number of benzene rings is 1. The van der Waals surface area contributed by atoms with Gasteiger partial charge in [-0.05, 0) is 47.7 Å². The van der Waals surface area contributed by atoms with Crippen LogP contribution in [0.25, 0.3) is 0 Å². The van der Waals surface area contributed by atoms with E-state index in [1.54, 1.807) is 6.33 Å². The van der Waals surface area contributed by atoms with E-state index in [0.29, 0.717) is 6.04 Å². The van der Waals surface area contributed by atoms with Gasteiger partial charge in [-0.1, -0.05) is 30.3 Å². The molecule has 2 aromatic rings. The smallest absolute Gasteiger partial charge is 0.138 e. The summed E-state index contributed by atoms with van der Waals surface area (Å²) in [4.78, 5) is 5.38. The first-order valence-corrected chi connectivity index (χ1v) is 9.08. The molecule has 3 aliphatic rings. The molecule has 128 valence electrons. The molecule has 6 heteroatoms. The molecule has 4 heterocycles. The molecule has 0 spiro atoms. The summed E-state index contributed by atoms with van der Waals surface area (Å²) < 4.78 is 1.83. The van der Waals surface area contributed by atoms with E-state index in [1.165, 1.54) is 38.0 Å². The van der Waals surface area contributed by atoms with Gasteiger partial charge in [0.2, 0.25) is 0 Å². The first-order valence-electron chi connectivity index (χ1n) is 9.08. The Bertz CT molecular complexity index is 614. The minimum absolute atomic E-state index is 0.706. The fourth-order valence-electron chi connectivity index (χ4n) is 4.21. The number of nitrogens with zero attached hydrogens (tertiary/aromatic N) is 6. The van der Waals surface area contributed by atoms with E-state index < -0.39 is 0 Å². The van der Waals surface area contributed by atoms with Gasteiger partial charge in [-0.2, -0.15) is 0 Å². The van der Waals surface area contributed by atoms with Crippen LogP contribution in [-0.4, -0.2) is 62.2 Å². The maximum absolute atomic E-state index is 3.95. The van der Waals surface area contributed by atoms with E-state index in [-0.39, 0.29) is 0 Å². The Balaban J connectivity index is 1.32. The van der Waals surface area contributed by atoms with Crippen molar-refractivity contribution in [2.45, 2.75) is 38.4 Å². The number of rotatable bonds is 6. The second-order valence-corrected chi connectivity index (χ2v) is 7.20. The Morgan fingerprint density at radius 2 is 1.92 bits per heavy atom. The van der Waals surface area contributed by atoms with Gasteiger partial charge in [-0.25, -0.2) is 4.68 Å². The van der Waals surface area contributed by atoms with Gasteiger partial charge in [0, 0.05) is 38.8 Å². The minimum Gasteiger partial charge on any atom is -0.301 e. The van der Waals surface area contributed by atoms with Crippen LogP contribution in [0.4, 0.5) is 0 Å². The van der Waals surface area contributed by atoms with Crippen molar-refractivity contribution in [3.63, 3.8) is 0 Å². The van der Waals surface area contributed by atoms with Crippen LogP contribution in [0.5, 0.6) is 0 Å². The van der Waals surface area contributed by atoms with Crippen LogP contribution in [0.2, 0.25) is 0 Å². The summed E-state index contributed by atoms with van der Waals surface area (Å²) in [6.07, 6.45) is 5.55. The molecule has 0 unspecified atom stereocenters. The predicted octanol–water partition coefficient (Wildman–Crippen LogP) is 1.66. The number of hydrogen-bond donors (Lipinski definition) is 0. The molecular weight excluding hydrogens is 300 g/mol. The van der Waals surface area contributed by atoms with E-state index in [9.17, 15) is 0 Å². The van der Waals surface area contributed by atoms with Crippen LogP contribution in [-0.2, 0) is 13.1 Å². The van der Waals surface area contributed by atoms with E-state index in [0.717, 1.165) is 32.0 Å². The van der Waals surface area contributed by atoms with Crippen LogP contribution in [0.3, 0.4) is 0 Å². The van der Waals surface area contributed by atoms with Gasteiger partial charge in [0.05, 0.1) is 0 Å². The second-order valence-electron chi connectivity index (χ2n) is 7.20. The van der Waals surface area contributed by atoms with Crippen molar-refractivity contribution in [3.8, 4) is 0 Å². The average Bonchev–Trinajstić information content (AvgIpc) is 2.97. The third-order valence-electron chi connectivity index (χ3n) is 5.38. The van der Waals surface area contributed by atoms with E-state index in [2.05, 4.69) is 55.7 Å². The molecule has 24 heavy (non-hydrogen) atoms. The summed E-state index contributed by atoms with van der Waals surface area (Å²) in [6.45, 7) is 6.86. The summed E-state index contributed by atoms with van der Waals surface area (Å²) >= 11 is 0. The van der Waals surface area contributed by atoms with Gasteiger partial charge in [0.15, 0.2) is 0 Å². The van der Waals surface area contributed by atoms with Crippen LogP contribution in [0.15, 0.2) is 36.7 Å². The van der Waals surface area contributed by atoms with E-state index >= 15 is 0 Å². The number of aryl methyl sites for hydroxylation is 1. The number of fused-ring (bicyclic) bond motifs is 4. The molecule has 3 aliphatic heterocycles. The van der Waals surface area contributed by atoms with Crippen molar-refractivity contribution < 1.29 is 0 Å². The highest BCUT2D eigenvalue weighted by molar-refractivity contribution is 5.15. The minimum atomic E-state index is 0.706. The van der Waals surface area contributed by atoms with Gasteiger partial charge in [0.25, 0.3) is 0 Å². The SMILES string of the molecule is c1ccc(CN2C[C@@H]3CC[C@H]2CN(CCCn2cnnn2)C3)cc1. The molecule has 3 fully saturated rings. The molecule has 0 radical (unpaired) electrons. The Morgan fingerprint density at radius 3 is 2.75 bits per heavy atom. The molecule has 6 nitrogen and oxygen atoms in total. The summed E-state index contributed by atoms with van der Waals surface area (Å²) in [5, 5.41) is 11.3. The monoisotopic (exact) mass is 326 g/mol. The van der Waals surface area contributed by atoms with Crippen molar-refractivity contribution >= 4 is 0 Å². The Morgan fingerprint density at radius 1 is 1.00 bits per heavy atom. The van der Waals surface area contributed by atoms with E-state index in [1.807, 2.05) is 4.68 Å². The zero-order chi connectivity index (χ0) is 16.2. The molecule has 2 atom stereocenters. The topological polar surface area (TPSA) is 50.1 Å².